The summed E-state index contributed by atoms with van der Waals surface area (Å²) < 4.78 is 5.99. The van der Waals surface area contributed by atoms with E-state index in [9.17, 15) is 19.2 Å². The van der Waals surface area contributed by atoms with Gasteiger partial charge in [-0.3, -0.25) is 14.4 Å². The molecular weight excluding hydrogens is 620 g/mol. The van der Waals surface area contributed by atoms with E-state index < -0.39 is 30.3 Å². The van der Waals surface area contributed by atoms with E-state index in [0.29, 0.717) is 16.4 Å². The average Bonchev–Trinajstić information content (AvgIpc) is 3.27. The number of benzene rings is 4. The van der Waals surface area contributed by atoms with Crippen molar-refractivity contribution in [3.8, 4) is 0 Å². The highest BCUT2D eigenvalue weighted by atomic mass is 79.9. The fraction of sp³-hybridized carbons (Fsp3) is 0.152. The van der Waals surface area contributed by atoms with Crippen molar-refractivity contribution in [1.29, 1.82) is 0 Å². The Morgan fingerprint density at radius 1 is 0.786 bits per heavy atom. The summed E-state index contributed by atoms with van der Waals surface area (Å²) >= 11 is 9.45. The highest BCUT2D eigenvalue weighted by Crippen LogP contribution is 2.61. The molecule has 3 amide bonds. The Balaban J connectivity index is 1.13. The van der Waals surface area contributed by atoms with E-state index in [0.717, 1.165) is 26.7 Å². The summed E-state index contributed by atoms with van der Waals surface area (Å²) in [6.45, 7) is -0.541. The molecule has 0 spiro atoms. The zero-order valence-electron chi connectivity index (χ0n) is 21.9. The summed E-state index contributed by atoms with van der Waals surface area (Å²) in [4.78, 5) is 54.5. The lowest BCUT2D eigenvalue weighted by atomic mass is 9.55. The summed E-state index contributed by atoms with van der Waals surface area (Å²) in [5.41, 5.74) is 5.15. The first-order chi connectivity index (χ1) is 20.3. The molecule has 8 rings (SSSR count). The van der Waals surface area contributed by atoms with Crippen LogP contribution in [0.3, 0.4) is 0 Å². The van der Waals surface area contributed by atoms with Crippen molar-refractivity contribution in [1.82, 2.24) is 0 Å². The number of nitrogens with zero attached hydrogens (tertiary/aromatic N) is 1. The lowest BCUT2D eigenvalue weighted by molar-refractivity contribution is -0.122. The van der Waals surface area contributed by atoms with Gasteiger partial charge in [-0.2, -0.15) is 0 Å². The Morgan fingerprint density at radius 3 is 1.90 bits per heavy atom. The number of carbonyl (C=O) groups excluding carboxylic acids is 4. The Morgan fingerprint density at radius 2 is 1.36 bits per heavy atom. The highest BCUT2D eigenvalue weighted by molar-refractivity contribution is 9.10. The van der Waals surface area contributed by atoms with Gasteiger partial charge >= 0.3 is 5.97 Å². The van der Waals surface area contributed by atoms with Crippen molar-refractivity contribution >= 4 is 62.6 Å². The fourth-order valence-corrected chi connectivity index (χ4v) is 7.42. The zero-order chi connectivity index (χ0) is 29.1. The fourth-order valence-electron chi connectivity index (χ4n) is 6.70. The van der Waals surface area contributed by atoms with E-state index in [-0.39, 0.29) is 29.2 Å². The highest BCUT2D eigenvalue weighted by Gasteiger charge is 2.61. The molecule has 1 aliphatic heterocycles. The van der Waals surface area contributed by atoms with E-state index in [1.165, 1.54) is 17.0 Å². The molecule has 3 aliphatic carbocycles. The number of rotatable bonds is 5. The molecule has 4 aromatic carbocycles. The normalized spacial score (nSPS) is 21.4. The van der Waals surface area contributed by atoms with Crippen molar-refractivity contribution in [2.45, 2.75) is 11.8 Å². The van der Waals surface area contributed by atoms with Gasteiger partial charge in [0.25, 0.3) is 5.91 Å². The van der Waals surface area contributed by atoms with Gasteiger partial charge in [0.1, 0.15) is 0 Å². The molecule has 1 fully saturated rings. The molecule has 0 aromatic heterocycles. The number of anilines is 2. The van der Waals surface area contributed by atoms with Crippen LogP contribution in [0.2, 0.25) is 5.02 Å². The monoisotopic (exact) mass is 640 g/mol. The lowest BCUT2D eigenvalue weighted by Crippen LogP contribution is -2.41. The third-order valence-corrected chi connectivity index (χ3v) is 9.13. The summed E-state index contributed by atoms with van der Waals surface area (Å²) in [5.74, 6) is -3.38. The van der Waals surface area contributed by atoms with E-state index in [4.69, 9.17) is 16.3 Å². The molecule has 42 heavy (non-hydrogen) atoms. The average molecular weight is 642 g/mol. The van der Waals surface area contributed by atoms with Crippen LogP contribution in [0.1, 0.15) is 44.4 Å². The topological polar surface area (TPSA) is 92.8 Å². The van der Waals surface area contributed by atoms with Crippen LogP contribution in [0, 0.1) is 11.8 Å². The first kappa shape index (κ1) is 26.6. The predicted octanol–water partition coefficient (Wildman–Crippen LogP) is 6.29. The van der Waals surface area contributed by atoms with E-state index in [2.05, 4.69) is 45.5 Å². The summed E-state index contributed by atoms with van der Waals surface area (Å²) in [5, 5.41) is 2.93. The molecule has 2 bridgehead atoms. The van der Waals surface area contributed by atoms with Gasteiger partial charge in [-0.05, 0) is 58.7 Å². The third kappa shape index (κ3) is 4.16. The Bertz CT molecular complexity index is 1710. The molecule has 7 nitrogen and oxygen atoms in total. The quantitative estimate of drug-likeness (QED) is 0.204. The van der Waals surface area contributed by atoms with Crippen LogP contribution in [0.15, 0.2) is 95.5 Å². The minimum absolute atomic E-state index is 0.118. The minimum Gasteiger partial charge on any atom is -0.452 e. The number of carbonyl (C=O) groups is 4. The number of nitrogens with one attached hydrogen (secondary N) is 1. The van der Waals surface area contributed by atoms with E-state index in [1.54, 1.807) is 30.3 Å². The van der Waals surface area contributed by atoms with Gasteiger partial charge in [-0.1, -0.05) is 82.1 Å². The smallest absolute Gasteiger partial charge is 0.338 e. The number of esters is 1. The first-order valence-electron chi connectivity index (χ1n) is 13.4. The minimum atomic E-state index is -0.759. The zero-order valence-corrected chi connectivity index (χ0v) is 24.3. The second kappa shape index (κ2) is 10.2. The predicted molar refractivity (Wildman–Crippen MR) is 161 cm³/mol. The number of amides is 3. The number of halogens is 2. The molecule has 0 saturated carbocycles. The lowest BCUT2D eigenvalue weighted by Gasteiger charge is -2.45. The summed E-state index contributed by atoms with van der Waals surface area (Å²) in [6, 6.07) is 27.3. The molecule has 0 unspecified atom stereocenters. The van der Waals surface area contributed by atoms with Crippen LogP contribution in [0.25, 0.3) is 0 Å². The molecule has 4 aliphatic rings. The molecule has 208 valence electrons. The Kier molecular flexibility index (Phi) is 6.48. The molecule has 2 atom stereocenters. The number of imide groups is 1. The van der Waals surface area contributed by atoms with Gasteiger partial charge in [0.2, 0.25) is 11.8 Å². The van der Waals surface area contributed by atoms with Gasteiger partial charge in [0.05, 0.1) is 33.8 Å². The van der Waals surface area contributed by atoms with Crippen LogP contribution in [-0.2, 0) is 19.1 Å². The third-order valence-electron chi connectivity index (χ3n) is 8.33. The standard InChI is InChI=1S/C33H22BrClN2O5/c34-18-12-13-25(24(35)15-18)36-26(38)16-42-33(41)17-6-5-7-19(14-17)37-31(39)29-27-20-8-1-2-9-21(20)28(30(29)32(37)40)23-11-4-3-10-22(23)27/h1-15,27-30H,16H2,(H,36,38)/t27?,28?,29-,30-/m0/s1. The maximum atomic E-state index is 14.0. The van der Waals surface area contributed by atoms with Crippen LogP contribution in [0.4, 0.5) is 11.4 Å². The van der Waals surface area contributed by atoms with Crippen LogP contribution in [0.5, 0.6) is 0 Å². The molecule has 1 saturated heterocycles. The molecule has 1 heterocycles. The van der Waals surface area contributed by atoms with Crippen LogP contribution in [-0.4, -0.2) is 30.3 Å². The first-order valence-corrected chi connectivity index (χ1v) is 14.6. The van der Waals surface area contributed by atoms with Gasteiger partial charge in [0.15, 0.2) is 6.61 Å². The second-order valence-corrected chi connectivity index (χ2v) is 11.9. The molecule has 9 heteroatoms. The van der Waals surface area contributed by atoms with Crippen LogP contribution < -0.4 is 10.2 Å². The second-order valence-electron chi connectivity index (χ2n) is 10.6. The summed E-state index contributed by atoms with van der Waals surface area (Å²) in [7, 11) is 0. The number of ether oxygens (including phenoxy) is 1. The number of hydrogen-bond acceptors (Lipinski definition) is 5. The van der Waals surface area contributed by atoms with Gasteiger partial charge in [-0.15, -0.1) is 0 Å². The van der Waals surface area contributed by atoms with Crippen molar-refractivity contribution in [2.75, 3.05) is 16.8 Å². The number of hydrogen-bond donors (Lipinski definition) is 1. The maximum Gasteiger partial charge on any atom is 0.338 e. The van der Waals surface area contributed by atoms with Crippen molar-refractivity contribution in [3.63, 3.8) is 0 Å². The molecular formula is C33H22BrClN2O5. The molecule has 4 aromatic rings. The van der Waals surface area contributed by atoms with E-state index in [1.807, 2.05) is 24.3 Å². The van der Waals surface area contributed by atoms with Crippen molar-refractivity contribution in [3.05, 3.63) is 128 Å². The van der Waals surface area contributed by atoms with Crippen LogP contribution >= 0.6 is 27.5 Å². The van der Waals surface area contributed by atoms with Crippen molar-refractivity contribution < 1.29 is 23.9 Å². The Hall–Kier alpha value is -4.27. The van der Waals surface area contributed by atoms with Crippen molar-refractivity contribution in [2.24, 2.45) is 11.8 Å². The van der Waals surface area contributed by atoms with Gasteiger partial charge < -0.3 is 10.1 Å². The summed E-state index contributed by atoms with van der Waals surface area (Å²) in [6.07, 6.45) is 0. The molecule has 1 N–H and O–H groups in total. The van der Waals surface area contributed by atoms with Gasteiger partial charge in [-0.25, -0.2) is 9.69 Å². The maximum absolute atomic E-state index is 14.0. The SMILES string of the molecule is O=C(COC(=O)c1cccc(N2C(=O)[C@H]3C4c5ccccc5C(c5ccccc54)[C@@H]3C2=O)c1)Nc1ccc(Br)cc1Cl. The van der Waals surface area contributed by atoms with Gasteiger partial charge in [0, 0.05) is 16.3 Å². The Labute approximate surface area is 254 Å². The largest absolute Gasteiger partial charge is 0.452 e. The molecule has 0 radical (unpaired) electrons. The van der Waals surface area contributed by atoms with E-state index >= 15 is 0 Å².